The lowest BCUT2D eigenvalue weighted by Crippen LogP contribution is -2.29. The normalized spacial score (nSPS) is 14.7. The highest BCUT2D eigenvalue weighted by Gasteiger charge is 2.50. The van der Waals surface area contributed by atoms with Crippen LogP contribution >= 0.6 is 22.6 Å². The first-order valence-corrected chi connectivity index (χ1v) is 9.65. The Kier molecular flexibility index (Phi) is 5.94. The Bertz CT molecular complexity index is 1040. The van der Waals surface area contributed by atoms with E-state index in [4.69, 9.17) is 6.57 Å². The van der Waals surface area contributed by atoms with Crippen LogP contribution in [0.3, 0.4) is 0 Å². The van der Waals surface area contributed by atoms with E-state index < -0.39 is 32.8 Å². The van der Waals surface area contributed by atoms with Gasteiger partial charge in [0.15, 0.2) is 0 Å². The maximum Gasteiger partial charge on any atom is 0.416 e. The molecule has 0 aliphatic carbocycles. The van der Waals surface area contributed by atoms with E-state index in [-0.39, 0.29) is 11.1 Å². The standard InChI is InChI=1S/C22H13F5IN/c1-29-21(15-7-9-18(23)10-8-15,20(28)14-5-3-2-4-6-14)16-11-17(22(25,26)27)13-19(24)12-16/h2-13,20H. The second kappa shape index (κ2) is 8.11. The molecule has 0 aromatic heterocycles. The first kappa shape index (κ1) is 21.2. The van der Waals surface area contributed by atoms with Gasteiger partial charge in [-0.25, -0.2) is 15.4 Å². The zero-order valence-corrected chi connectivity index (χ0v) is 16.9. The van der Waals surface area contributed by atoms with Crippen LogP contribution in [0.2, 0.25) is 0 Å². The smallest absolute Gasteiger partial charge is 0.298 e. The van der Waals surface area contributed by atoms with Crippen LogP contribution in [0.15, 0.2) is 72.8 Å². The Hall–Kier alpha value is -2.47. The molecule has 0 amide bonds. The van der Waals surface area contributed by atoms with Crippen LogP contribution in [0.1, 0.15) is 26.2 Å². The van der Waals surface area contributed by atoms with Crippen molar-refractivity contribution in [3.8, 4) is 0 Å². The molecule has 3 aromatic rings. The second-order valence-corrected chi connectivity index (χ2v) is 7.63. The molecule has 0 radical (unpaired) electrons. The third-order valence-corrected chi connectivity index (χ3v) is 6.21. The molecule has 0 saturated carbocycles. The predicted molar refractivity (Wildman–Crippen MR) is 108 cm³/mol. The number of hydrogen-bond donors (Lipinski definition) is 0. The van der Waals surface area contributed by atoms with E-state index in [9.17, 15) is 22.0 Å². The Balaban J connectivity index is 2.33. The fourth-order valence-corrected chi connectivity index (χ4v) is 4.46. The van der Waals surface area contributed by atoms with Gasteiger partial charge in [0.05, 0.1) is 5.56 Å². The van der Waals surface area contributed by atoms with Crippen molar-refractivity contribution < 1.29 is 22.0 Å². The lowest BCUT2D eigenvalue weighted by atomic mass is 9.78. The van der Waals surface area contributed by atoms with Crippen molar-refractivity contribution in [1.29, 1.82) is 0 Å². The Labute approximate surface area is 178 Å². The van der Waals surface area contributed by atoms with Gasteiger partial charge in [0, 0.05) is 11.1 Å². The van der Waals surface area contributed by atoms with Crippen LogP contribution < -0.4 is 0 Å². The van der Waals surface area contributed by atoms with Crippen molar-refractivity contribution in [2.45, 2.75) is 15.6 Å². The Morgan fingerprint density at radius 3 is 1.90 bits per heavy atom. The molecule has 148 valence electrons. The highest BCUT2D eigenvalue weighted by Crippen LogP contribution is 2.50. The van der Waals surface area contributed by atoms with Crippen molar-refractivity contribution >= 4 is 22.6 Å². The summed E-state index contributed by atoms with van der Waals surface area (Å²) in [6, 6.07) is 15.8. The fourth-order valence-electron chi connectivity index (χ4n) is 3.19. The molecule has 0 aliphatic heterocycles. The molecular formula is C22H13F5IN. The van der Waals surface area contributed by atoms with Crippen LogP contribution in [0.4, 0.5) is 22.0 Å². The zero-order valence-electron chi connectivity index (χ0n) is 14.7. The molecule has 0 bridgehead atoms. The minimum Gasteiger partial charge on any atom is -0.298 e. The molecule has 2 atom stereocenters. The molecule has 0 aliphatic rings. The first-order valence-electron chi connectivity index (χ1n) is 8.40. The topological polar surface area (TPSA) is 4.36 Å². The van der Waals surface area contributed by atoms with Crippen molar-refractivity contribution in [3.05, 3.63) is 118 Å². The zero-order chi connectivity index (χ0) is 21.2. The fraction of sp³-hybridized carbons (Fsp3) is 0.136. The quantitative estimate of drug-likeness (QED) is 0.149. The molecule has 3 rings (SSSR count). The Morgan fingerprint density at radius 1 is 0.759 bits per heavy atom. The van der Waals surface area contributed by atoms with Crippen LogP contribution in [-0.4, -0.2) is 0 Å². The number of nitrogens with zero attached hydrogens (tertiary/aromatic N) is 1. The molecule has 7 heteroatoms. The summed E-state index contributed by atoms with van der Waals surface area (Å²) in [7, 11) is 0. The average Bonchev–Trinajstić information content (AvgIpc) is 2.70. The SMILES string of the molecule is [C-]#[N+]C(c1ccc(F)cc1)(c1cc(F)cc(C(F)(F)F)c1)C(I)c1ccccc1. The summed E-state index contributed by atoms with van der Waals surface area (Å²) < 4.78 is 67.0. The highest BCUT2D eigenvalue weighted by molar-refractivity contribution is 14.1. The third kappa shape index (κ3) is 4.13. The second-order valence-electron chi connectivity index (χ2n) is 6.38. The molecule has 1 nitrogen and oxygen atoms in total. The molecule has 0 saturated heterocycles. The van der Waals surface area contributed by atoms with Gasteiger partial charge in [-0.05, 0) is 48.0 Å². The summed E-state index contributed by atoms with van der Waals surface area (Å²) in [5, 5.41) is 0. The van der Waals surface area contributed by atoms with Crippen LogP contribution in [0, 0.1) is 18.2 Å². The van der Waals surface area contributed by atoms with Gasteiger partial charge in [0.25, 0.3) is 5.54 Å². The molecule has 0 spiro atoms. The third-order valence-electron chi connectivity index (χ3n) is 4.58. The monoisotopic (exact) mass is 513 g/mol. The highest BCUT2D eigenvalue weighted by atomic mass is 127. The summed E-state index contributed by atoms with van der Waals surface area (Å²) in [5.41, 5.74) is -2.08. The number of halogens is 6. The summed E-state index contributed by atoms with van der Waals surface area (Å²) in [5.74, 6) is -1.64. The van der Waals surface area contributed by atoms with E-state index in [1.54, 1.807) is 30.3 Å². The van der Waals surface area contributed by atoms with Gasteiger partial charge in [0.2, 0.25) is 0 Å². The molecular weight excluding hydrogens is 500 g/mol. The van der Waals surface area contributed by atoms with Crippen molar-refractivity contribution in [2.24, 2.45) is 0 Å². The van der Waals surface area contributed by atoms with E-state index in [0.29, 0.717) is 11.6 Å². The van der Waals surface area contributed by atoms with E-state index >= 15 is 0 Å². The lowest BCUT2D eigenvalue weighted by molar-refractivity contribution is -0.137. The van der Waals surface area contributed by atoms with E-state index in [1.807, 2.05) is 22.6 Å². The maximum absolute atomic E-state index is 14.2. The number of benzene rings is 3. The predicted octanol–water partition coefficient (Wildman–Crippen LogP) is 7.32. The van der Waals surface area contributed by atoms with E-state index in [1.165, 1.54) is 12.1 Å². The minimum absolute atomic E-state index is 0.144. The molecule has 0 heterocycles. The van der Waals surface area contributed by atoms with Gasteiger partial charge in [-0.1, -0.05) is 52.9 Å². The Morgan fingerprint density at radius 2 is 1.34 bits per heavy atom. The minimum atomic E-state index is -4.78. The summed E-state index contributed by atoms with van der Waals surface area (Å²) >= 11 is 1.97. The van der Waals surface area contributed by atoms with Gasteiger partial charge in [0.1, 0.15) is 15.6 Å². The van der Waals surface area contributed by atoms with Crippen molar-refractivity contribution in [2.75, 3.05) is 0 Å². The van der Waals surface area contributed by atoms with Crippen molar-refractivity contribution in [3.63, 3.8) is 0 Å². The van der Waals surface area contributed by atoms with Gasteiger partial charge in [-0.2, -0.15) is 13.2 Å². The van der Waals surface area contributed by atoms with Crippen LogP contribution in [0.5, 0.6) is 0 Å². The lowest BCUT2D eigenvalue weighted by Gasteiger charge is -2.29. The summed E-state index contributed by atoms with van der Waals surface area (Å²) in [6.07, 6.45) is -4.78. The summed E-state index contributed by atoms with van der Waals surface area (Å²) in [6.45, 7) is 7.94. The number of alkyl halides is 4. The van der Waals surface area contributed by atoms with Crippen molar-refractivity contribution in [1.82, 2.24) is 0 Å². The number of hydrogen-bond acceptors (Lipinski definition) is 0. The van der Waals surface area contributed by atoms with E-state index in [0.717, 1.165) is 24.3 Å². The maximum atomic E-state index is 14.2. The molecule has 29 heavy (non-hydrogen) atoms. The molecule has 3 aromatic carbocycles. The van der Waals surface area contributed by atoms with Gasteiger partial charge < -0.3 is 0 Å². The van der Waals surface area contributed by atoms with Crippen LogP contribution in [-0.2, 0) is 11.7 Å². The van der Waals surface area contributed by atoms with E-state index in [2.05, 4.69) is 4.85 Å². The average molecular weight is 513 g/mol. The van der Waals surface area contributed by atoms with Gasteiger partial charge >= 0.3 is 6.18 Å². The summed E-state index contributed by atoms with van der Waals surface area (Å²) in [4.78, 5) is 3.72. The van der Waals surface area contributed by atoms with Crippen LogP contribution in [0.25, 0.3) is 4.85 Å². The molecule has 0 fully saturated rings. The van der Waals surface area contributed by atoms with Gasteiger partial charge in [-0.3, -0.25) is 4.85 Å². The van der Waals surface area contributed by atoms with Gasteiger partial charge in [-0.15, -0.1) is 0 Å². The largest absolute Gasteiger partial charge is 0.416 e. The first-order chi connectivity index (χ1) is 13.7. The number of rotatable bonds is 4. The molecule has 2 unspecified atom stereocenters. The molecule has 0 N–H and O–H groups in total.